The van der Waals surface area contributed by atoms with Gasteiger partial charge in [-0.2, -0.15) is 4.51 Å². The van der Waals surface area contributed by atoms with Crippen LogP contribution in [0.3, 0.4) is 0 Å². The predicted molar refractivity (Wildman–Crippen MR) is 79.4 cm³/mol. The largest absolute Gasteiger partial charge is 0.313 e. The average Bonchev–Trinajstić information content (AvgIpc) is 2.72. The van der Waals surface area contributed by atoms with E-state index in [9.17, 15) is 0 Å². The van der Waals surface area contributed by atoms with Crippen molar-refractivity contribution in [3.05, 3.63) is 28.2 Å². The van der Waals surface area contributed by atoms with Crippen LogP contribution >= 0.6 is 52.8 Å². The lowest BCUT2D eigenvalue weighted by atomic mass is 10.3. The third-order valence-electron chi connectivity index (χ3n) is 1.59. The van der Waals surface area contributed by atoms with Gasteiger partial charge in [-0.05, 0) is 28.1 Å². The maximum absolute atomic E-state index is 4.25. The van der Waals surface area contributed by atoms with Crippen molar-refractivity contribution >= 4 is 63.0 Å². The van der Waals surface area contributed by atoms with Crippen LogP contribution in [0.2, 0.25) is 0 Å². The van der Waals surface area contributed by atoms with E-state index in [-0.39, 0.29) is 0 Å². The van der Waals surface area contributed by atoms with Crippen molar-refractivity contribution in [3.63, 3.8) is 0 Å². The molecule has 3 aromatic rings. The lowest BCUT2D eigenvalue weighted by Gasteiger charge is -1.80. The molecule has 9 heteroatoms. The minimum absolute atomic E-state index is 0.614. The summed E-state index contributed by atoms with van der Waals surface area (Å²) in [5.41, 5.74) is 1.07. The van der Waals surface area contributed by atoms with Gasteiger partial charge in [-0.3, -0.25) is 0 Å². The maximum Gasteiger partial charge on any atom is 0.160 e. The second-order valence-electron chi connectivity index (χ2n) is 2.61. The van der Waals surface area contributed by atoms with E-state index in [1.807, 2.05) is 18.2 Å². The van der Waals surface area contributed by atoms with Gasteiger partial charge in [0.25, 0.3) is 0 Å². The van der Waals surface area contributed by atoms with Crippen molar-refractivity contribution in [2.24, 2.45) is 0 Å². The summed E-state index contributed by atoms with van der Waals surface area (Å²) in [4.78, 5) is 4.25. The van der Waals surface area contributed by atoms with E-state index in [1.165, 1.54) is 4.70 Å². The smallest absolute Gasteiger partial charge is 0.160 e. The zero-order valence-electron chi connectivity index (χ0n) is 7.94. The molecular formula is C7H8BrN4P3S. The molecule has 2 N–H and O–H groups in total. The Labute approximate surface area is 109 Å². The quantitative estimate of drug-likeness (QED) is 0.622. The molecule has 0 fully saturated rings. The molecule has 2 unspecified atom stereocenters. The summed E-state index contributed by atoms with van der Waals surface area (Å²) in [6.45, 7) is 0. The Balaban J connectivity index is 0.000000138. The van der Waals surface area contributed by atoms with Crippen molar-refractivity contribution < 1.29 is 0 Å². The minimum atomic E-state index is 0.614. The Morgan fingerprint density at radius 3 is 2.81 bits per heavy atom. The lowest BCUT2D eigenvalue weighted by Crippen LogP contribution is -1.62. The summed E-state index contributed by atoms with van der Waals surface area (Å²) >= 11 is 4.99. The van der Waals surface area contributed by atoms with E-state index in [0.29, 0.717) is 17.0 Å². The van der Waals surface area contributed by atoms with Crippen LogP contribution in [-0.2, 0) is 0 Å². The molecule has 0 saturated heterocycles. The highest BCUT2D eigenvalue weighted by atomic mass is 79.9. The highest BCUT2D eigenvalue weighted by Gasteiger charge is 1.96. The zero-order valence-corrected chi connectivity index (χ0v) is 13.2. The molecule has 0 aliphatic rings. The summed E-state index contributed by atoms with van der Waals surface area (Å²) in [5.74, 6) is 0. The van der Waals surface area contributed by atoms with Crippen molar-refractivity contribution in [2.75, 3.05) is 0 Å². The Bertz CT molecular complexity index is 504. The molecule has 3 rings (SSSR count). The van der Waals surface area contributed by atoms with Crippen LogP contribution in [-0.4, -0.2) is 18.5 Å². The number of H-pyrrole nitrogens is 2. The van der Waals surface area contributed by atoms with Crippen molar-refractivity contribution in [1.82, 2.24) is 18.5 Å². The summed E-state index contributed by atoms with van der Waals surface area (Å²) in [6, 6.07) is 8.09. The molecule has 2 atom stereocenters. The number of hydrogen-bond donors (Lipinski definition) is 2. The number of hydrogen-bond acceptors (Lipinski definition) is 3. The maximum atomic E-state index is 4.25. The summed E-state index contributed by atoms with van der Waals surface area (Å²) in [5, 5.41) is 0. The van der Waals surface area contributed by atoms with Crippen LogP contribution in [0.4, 0.5) is 0 Å². The Morgan fingerprint density at radius 1 is 1.38 bits per heavy atom. The fourth-order valence-corrected chi connectivity index (χ4v) is 5.05. The molecule has 4 nitrogen and oxygen atoms in total. The van der Waals surface area contributed by atoms with Crippen LogP contribution in [0.1, 0.15) is 0 Å². The molecule has 1 aromatic carbocycles. The molecule has 0 radical (unpaired) electrons. The van der Waals surface area contributed by atoms with Gasteiger partial charge in [-0.25, -0.2) is 4.98 Å². The second-order valence-corrected chi connectivity index (χ2v) is 8.28. The Hall–Kier alpha value is -0.110. The topological polar surface area (TPSA) is 57.4 Å². The third kappa shape index (κ3) is 3.73. The third-order valence-corrected chi connectivity index (χ3v) is 5.67. The van der Waals surface area contributed by atoms with Crippen LogP contribution < -0.4 is 0 Å². The summed E-state index contributed by atoms with van der Waals surface area (Å²) in [6.07, 6.45) is 0. The number of para-hydroxylation sites is 1. The Morgan fingerprint density at radius 2 is 2.25 bits per heavy atom. The molecular weight excluding hydrogens is 345 g/mol. The fraction of sp³-hybridized carbons (Fsp3) is 0. The van der Waals surface area contributed by atoms with Gasteiger partial charge in [0.15, 0.2) is 3.92 Å². The van der Waals surface area contributed by atoms with Crippen molar-refractivity contribution in [3.8, 4) is 0 Å². The number of thiazole rings is 1. The minimum Gasteiger partial charge on any atom is -0.313 e. The van der Waals surface area contributed by atoms with Gasteiger partial charge in [0.2, 0.25) is 0 Å². The van der Waals surface area contributed by atoms with E-state index < -0.39 is 0 Å². The zero-order chi connectivity index (χ0) is 11.2. The molecule has 0 amide bonds. The Kier molecular flexibility index (Phi) is 5.08. The lowest BCUT2D eigenvalue weighted by molar-refractivity contribution is 1.45. The van der Waals surface area contributed by atoms with Gasteiger partial charge in [-0.1, -0.05) is 12.1 Å². The number of fused-ring (bicyclic) bond motifs is 1. The van der Waals surface area contributed by atoms with Crippen LogP contribution in [0.25, 0.3) is 10.2 Å². The van der Waals surface area contributed by atoms with Gasteiger partial charge in [0.05, 0.1) is 10.2 Å². The molecule has 0 aliphatic carbocycles. The summed E-state index contributed by atoms with van der Waals surface area (Å²) in [7, 11) is 2.36. The van der Waals surface area contributed by atoms with E-state index in [0.717, 1.165) is 17.9 Å². The predicted octanol–water partition coefficient (Wildman–Crippen LogP) is 4.56. The molecule has 16 heavy (non-hydrogen) atoms. The number of rotatable bonds is 0. The van der Waals surface area contributed by atoms with Crippen LogP contribution in [0.5, 0.6) is 0 Å². The van der Waals surface area contributed by atoms with Crippen molar-refractivity contribution in [2.45, 2.75) is 0 Å². The molecule has 0 spiro atoms. The number of aromatic amines is 2. The van der Waals surface area contributed by atoms with Crippen molar-refractivity contribution in [1.29, 1.82) is 0 Å². The second kappa shape index (κ2) is 6.58. The highest BCUT2D eigenvalue weighted by Crippen LogP contribution is 2.24. The van der Waals surface area contributed by atoms with E-state index in [1.54, 1.807) is 11.3 Å². The van der Waals surface area contributed by atoms with Crippen LogP contribution in [0, 0.1) is 0 Å². The van der Waals surface area contributed by atoms with Gasteiger partial charge < -0.3 is 9.02 Å². The molecule has 0 aliphatic heterocycles. The number of nitrogens with zero attached hydrogens (tertiary/aromatic N) is 2. The van der Waals surface area contributed by atoms with Gasteiger partial charge in [0.1, 0.15) is 8.51 Å². The average molecular weight is 353 g/mol. The molecule has 0 bridgehead atoms. The van der Waals surface area contributed by atoms with Crippen LogP contribution in [0.15, 0.2) is 28.2 Å². The molecule has 2 heterocycles. The highest BCUT2D eigenvalue weighted by molar-refractivity contribution is 9.11. The summed E-state index contributed by atoms with van der Waals surface area (Å²) < 4.78 is 12.2. The molecule has 2 aromatic heterocycles. The van der Waals surface area contributed by atoms with E-state index in [2.05, 4.69) is 40.5 Å². The SMILES string of the molecule is Brc1nc2ccccc2s1.n1p[nH][pH][nH][pH]1. The van der Waals surface area contributed by atoms with Gasteiger partial charge >= 0.3 is 0 Å². The number of halogens is 1. The molecule has 0 saturated carbocycles. The number of aromatic nitrogens is 4. The number of benzene rings is 1. The first kappa shape index (κ1) is 12.3. The molecule has 84 valence electrons. The first-order valence-electron chi connectivity index (χ1n) is 4.27. The first-order valence-corrected chi connectivity index (χ1v) is 8.67. The fourth-order valence-electron chi connectivity index (χ4n) is 1.000. The normalized spacial score (nSPS) is 11.1. The standard InChI is InChI=1S/C7H4BrNS.H4N3P3/c8-7-9-5-3-1-2-4-6(5)10-7;1-4-2-6-3-5-1/h1-4H;1,4-5H,(H,2,3). The van der Waals surface area contributed by atoms with E-state index >= 15 is 0 Å². The number of nitrogens with one attached hydrogen (secondary N) is 2. The first-order chi connectivity index (χ1) is 7.86. The monoisotopic (exact) mass is 352 g/mol. The van der Waals surface area contributed by atoms with Gasteiger partial charge in [0, 0.05) is 17.0 Å². The van der Waals surface area contributed by atoms with Gasteiger partial charge in [-0.15, -0.1) is 11.3 Å². The van der Waals surface area contributed by atoms with E-state index in [4.69, 9.17) is 0 Å².